The van der Waals surface area contributed by atoms with Crippen LogP contribution in [0.5, 0.6) is 0 Å². The highest BCUT2D eigenvalue weighted by atomic mass is 32.2. The average Bonchev–Trinajstić information content (AvgIpc) is 3.21. The fraction of sp³-hybridized carbons (Fsp3) is 0.667. The molecule has 1 aromatic heterocycles. The number of esters is 1. The summed E-state index contributed by atoms with van der Waals surface area (Å²) in [6.45, 7) is 1.87. The van der Waals surface area contributed by atoms with Crippen molar-refractivity contribution in [3.8, 4) is 0 Å². The second kappa shape index (κ2) is 7.09. The molecule has 1 aliphatic carbocycles. The topological polar surface area (TPSA) is 93.7 Å². The molecule has 0 radical (unpaired) electrons. The quantitative estimate of drug-likeness (QED) is 0.742. The van der Waals surface area contributed by atoms with Crippen LogP contribution in [0, 0.1) is 11.8 Å². The lowest BCUT2D eigenvalue weighted by Gasteiger charge is -2.37. The fourth-order valence-electron chi connectivity index (χ4n) is 3.68. The van der Waals surface area contributed by atoms with Crippen LogP contribution in [0.1, 0.15) is 22.5 Å². The number of nitrogens with one attached hydrogen (secondary N) is 2. The van der Waals surface area contributed by atoms with Crippen molar-refractivity contribution in [2.24, 2.45) is 11.8 Å². The van der Waals surface area contributed by atoms with E-state index in [-0.39, 0.29) is 21.9 Å². The number of fused-ring (bicyclic) bond motifs is 1. The Morgan fingerprint density at radius 1 is 1.29 bits per heavy atom. The van der Waals surface area contributed by atoms with Gasteiger partial charge >= 0.3 is 5.97 Å². The van der Waals surface area contributed by atoms with Crippen LogP contribution < -0.4 is 10.0 Å². The van der Waals surface area contributed by atoms with E-state index in [4.69, 9.17) is 4.74 Å². The van der Waals surface area contributed by atoms with E-state index in [0.717, 1.165) is 37.3 Å². The molecule has 4 atom stereocenters. The molecule has 2 N–H and O–H groups in total. The van der Waals surface area contributed by atoms with E-state index < -0.39 is 16.0 Å². The van der Waals surface area contributed by atoms with Crippen LogP contribution in [-0.2, 0) is 19.5 Å². The summed E-state index contributed by atoms with van der Waals surface area (Å²) in [5.74, 6) is 0.339. The van der Waals surface area contributed by atoms with Crippen molar-refractivity contribution in [2.45, 2.75) is 29.9 Å². The first-order chi connectivity index (χ1) is 11.5. The Kier molecular flexibility index (Phi) is 5.26. The summed E-state index contributed by atoms with van der Waals surface area (Å²) in [7, 11) is -0.967. The van der Waals surface area contributed by atoms with E-state index in [9.17, 15) is 13.2 Å². The van der Waals surface area contributed by atoms with Gasteiger partial charge in [-0.3, -0.25) is 0 Å². The summed E-state index contributed by atoms with van der Waals surface area (Å²) < 4.78 is 38.5. The monoisotopic (exact) mass is 374 g/mol. The highest BCUT2D eigenvalue weighted by molar-refractivity contribution is 7.89. The van der Waals surface area contributed by atoms with Crippen LogP contribution >= 0.6 is 11.3 Å². The molecule has 3 rings (SSSR count). The van der Waals surface area contributed by atoms with Crippen LogP contribution in [0.25, 0.3) is 0 Å². The van der Waals surface area contributed by atoms with Crippen LogP contribution in [0.3, 0.4) is 0 Å². The van der Waals surface area contributed by atoms with Gasteiger partial charge in [0.1, 0.15) is 9.77 Å². The number of rotatable bonds is 5. The number of hydrogen-bond donors (Lipinski definition) is 2. The Balaban J connectivity index is 1.81. The van der Waals surface area contributed by atoms with Gasteiger partial charge in [0, 0.05) is 13.2 Å². The zero-order valence-electron chi connectivity index (χ0n) is 13.7. The smallest absolute Gasteiger partial charge is 0.349 e. The molecule has 0 aromatic carbocycles. The van der Waals surface area contributed by atoms with Gasteiger partial charge in [0.25, 0.3) is 0 Å². The predicted molar refractivity (Wildman–Crippen MR) is 89.6 cm³/mol. The van der Waals surface area contributed by atoms with Crippen molar-refractivity contribution < 1.29 is 22.7 Å². The summed E-state index contributed by atoms with van der Waals surface area (Å²) in [6, 6.07) is 1.13. The molecule has 1 saturated carbocycles. The minimum absolute atomic E-state index is 0.0270. The number of carbonyl (C=O) groups is 1. The van der Waals surface area contributed by atoms with Gasteiger partial charge in [0.15, 0.2) is 0 Å². The van der Waals surface area contributed by atoms with Gasteiger partial charge in [-0.2, -0.15) is 0 Å². The average molecular weight is 374 g/mol. The molecule has 1 saturated heterocycles. The molecular weight excluding hydrogens is 352 g/mol. The van der Waals surface area contributed by atoms with Gasteiger partial charge in [-0.1, -0.05) is 0 Å². The number of methoxy groups -OCH3 is 2. The molecule has 0 bridgehead atoms. The van der Waals surface area contributed by atoms with Gasteiger partial charge in [0.2, 0.25) is 10.0 Å². The van der Waals surface area contributed by atoms with Crippen LogP contribution in [0.15, 0.2) is 16.3 Å². The second-order valence-corrected chi connectivity index (χ2v) is 8.86. The summed E-state index contributed by atoms with van der Waals surface area (Å²) in [6.07, 6.45) is 1.39. The van der Waals surface area contributed by atoms with Crippen molar-refractivity contribution in [1.82, 2.24) is 10.0 Å². The minimum Gasteiger partial charge on any atom is -0.465 e. The van der Waals surface area contributed by atoms with Gasteiger partial charge in [0.05, 0.1) is 13.2 Å². The normalized spacial score (nSPS) is 30.1. The van der Waals surface area contributed by atoms with Crippen LogP contribution in [-0.4, -0.2) is 53.8 Å². The summed E-state index contributed by atoms with van der Waals surface area (Å²) in [4.78, 5) is 11.8. The standard InChI is InChI=1S/C15H22N2O5S2/c1-21-12-6-10-8-16-7-9(10)5-11(12)17-24(19,20)13-3-4-23-14(13)15(18)22-2/h3-4,9-12,16-17H,5-8H2,1-2H3/t9-,10+,11-,12-/m0/s1. The van der Waals surface area contributed by atoms with Gasteiger partial charge in [-0.15, -0.1) is 11.3 Å². The fourth-order valence-corrected chi connectivity index (χ4v) is 6.29. The van der Waals surface area contributed by atoms with E-state index >= 15 is 0 Å². The van der Waals surface area contributed by atoms with Gasteiger partial charge in [-0.25, -0.2) is 17.9 Å². The number of thiophene rings is 1. The maximum Gasteiger partial charge on any atom is 0.349 e. The lowest BCUT2D eigenvalue weighted by molar-refractivity contribution is 0.0194. The molecule has 2 aliphatic rings. The molecule has 2 fully saturated rings. The zero-order chi connectivity index (χ0) is 17.3. The largest absolute Gasteiger partial charge is 0.465 e. The Bertz CT molecular complexity index is 702. The summed E-state index contributed by atoms with van der Waals surface area (Å²) in [5.41, 5.74) is 0. The summed E-state index contributed by atoms with van der Waals surface area (Å²) in [5, 5.41) is 4.94. The molecule has 1 aromatic rings. The van der Waals surface area contributed by atoms with E-state index in [1.807, 2.05) is 0 Å². The lowest BCUT2D eigenvalue weighted by Crippen LogP contribution is -2.50. The molecule has 0 amide bonds. The van der Waals surface area contributed by atoms with Crippen molar-refractivity contribution in [1.29, 1.82) is 0 Å². The summed E-state index contributed by atoms with van der Waals surface area (Å²) >= 11 is 1.06. The molecule has 24 heavy (non-hydrogen) atoms. The maximum absolute atomic E-state index is 12.8. The van der Waals surface area contributed by atoms with Gasteiger partial charge in [-0.05, 0) is 49.2 Å². The third-order valence-corrected chi connectivity index (χ3v) is 7.47. The Hall–Kier alpha value is -1.00. The Morgan fingerprint density at radius 3 is 2.67 bits per heavy atom. The molecular formula is C15H22N2O5S2. The molecule has 134 valence electrons. The van der Waals surface area contributed by atoms with Crippen molar-refractivity contribution in [3.05, 3.63) is 16.3 Å². The third kappa shape index (κ3) is 3.36. The first-order valence-corrected chi connectivity index (χ1v) is 10.2. The zero-order valence-corrected chi connectivity index (χ0v) is 15.3. The first-order valence-electron chi connectivity index (χ1n) is 7.88. The lowest BCUT2D eigenvalue weighted by atomic mass is 9.78. The van der Waals surface area contributed by atoms with E-state index in [1.54, 1.807) is 12.5 Å². The van der Waals surface area contributed by atoms with Crippen molar-refractivity contribution >= 4 is 27.3 Å². The highest BCUT2D eigenvalue weighted by Crippen LogP contribution is 2.35. The predicted octanol–water partition coefficient (Wildman–Crippen LogP) is 0.826. The molecule has 0 spiro atoms. The molecule has 9 heteroatoms. The van der Waals surface area contributed by atoms with E-state index in [0.29, 0.717) is 11.8 Å². The highest BCUT2D eigenvalue weighted by Gasteiger charge is 2.41. The second-order valence-electron chi connectivity index (χ2n) is 6.26. The Morgan fingerprint density at radius 2 is 2.00 bits per heavy atom. The number of hydrogen-bond acceptors (Lipinski definition) is 7. The van der Waals surface area contributed by atoms with Crippen molar-refractivity contribution in [3.63, 3.8) is 0 Å². The molecule has 1 aliphatic heterocycles. The van der Waals surface area contributed by atoms with E-state index in [1.165, 1.54) is 13.2 Å². The van der Waals surface area contributed by atoms with Crippen molar-refractivity contribution in [2.75, 3.05) is 27.3 Å². The van der Waals surface area contributed by atoms with E-state index in [2.05, 4.69) is 14.8 Å². The number of ether oxygens (including phenoxy) is 2. The first kappa shape index (κ1) is 17.8. The minimum atomic E-state index is -3.81. The number of carbonyl (C=O) groups excluding carboxylic acids is 1. The maximum atomic E-state index is 12.8. The van der Waals surface area contributed by atoms with Gasteiger partial charge < -0.3 is 14.8 Å². The number of sulfonamides is 1. The van der Waals surface area contributed by atoms with Crippen LogP contribution in [0.4, 0.5) is 0 Å². The molecule has 7 nitrogen and oxygen atoms in total. The Labute approximate surface area is 145 Å². The SMILES string of the molecule is COC(=O)c1sccc1S(=O)(=O)N[C@H]1C[C@H]2CNC[C@H]2C[C@@H]1OC. The molecule has 2 heterocycles. The van der Waals surface area contributed by atoms with Crippen LogP contribution in [0.2, 0.25) is 0 Å². The third-order valence-electron chi connectivity index (χ3n) is 4.92. The molecule has 0 unspecified atom stereocenters.